The minimum atomic E-state index is -0.198. The van der Waals surface area contributed by atoms with Gasteiger partial charge < -0.3 is 9.80 Å². The summed E-state index contributed by atoms with van der Waals surface area (Å²) in [7, 11) is 0. The Morgan fingerprint density at radius 1 is 1.08 bits per heavy atom. The Balaban J connectivity index is 1.73. The molecule has 0 aromatic heterocycles. The van der Waals surface area contributed by atoms with E-state index < -0.39 is 0 Å². The van der Waals surface area contributed by atoms with Crippen molar-refractivity contribution < 1.29 is 9.59 Å². The topological polar surface area (TPSA) is 40.6 Å². The number of rotatable bonds is 2. The summed E-state index contributed by atoms with van der Waals surface area (Å²) in [5.41, 5.74) is 3.23. The summed E-state index contributed by atoms with van der Waals surface area (Å²) in [5, 5.41) is 0. The smallest absolute Gasteiger partial charge is 0.228 e. The first-order chi connectivity index (χ1) is 11.3. The van der Waals surface area contributed by atoms with Gasteiger partial charge in [-0.05, 0) is 43.7 Å². The minimum Gasteiger partial charge on any atom is -0.342 e. The molecule has 130 valence electrons. The molecule has 4 heteroatoms. The Morgan fingerprint density at radius 3 is 2.38 bits per heavy atom. The average Bonchev–Trinajstić information content (AvgIpc) is 2.87. The predicted molar refractivity (Wildman–Crippen MR) is 95.9 cm³/mol. The van der Waals surface area contributed by atoms with Gasteiger partial charge in [0, 0.05) is 31.7 Å². The van der Waals surface area contributed by atoms with Crippen molar-refractivity contribution in [2.24, 2.45) is 17.8 Å². The van der Waals surface area contributed by atoms with Crippen LogP contribution in [0.4, 0.5) is 5.69 Å². The van der Waals surface area contributed by atoms with Crippen molar-refractivity contribution in [3.05, 3.63) is 29.3 Å². The average molecular weight is 328 g/mol. The van der Waals surface area contributed by atoms with Gasteiger partial charge in [-0.2, -0.15) is 0 Å². The molecular formula is C20H28N2O2. The molecule has 2 fully saturated rings. The van der Waals surface area contributed by atoms with Gasteiger partial charge in [0.1, 0.15) is 0 Å². The first-order valence-electron chi connectivity index (χ1n) is 9.01. The van der Waals surface area contributed by atoms with E-state index in [1.807, 2.05) is 30.9 Å². The third-order valence-corrected chi connectivity index (χ3v) is 5.30. The summed E-state index contributed by atoms with van der Waals surface area (Å²) >= 11 is 0. The fourth-order valence-electron chi connectivity index (χ4n) is 4.32. The maximum absolute atomic E-state index is 12.9. The lowest BCUT2D eigenvalue weighted by Gasteiger charge is -2.36. The molecule has 3 rings (SSSR count). The molecule has 24 heavy (non-hydrogen) atoms. The second-order valence-corrected chi connectivity index (χ2v) is 7.88. The summed E-state index contributed by atoms with van der Waals surface area (Å²) in [5.74, 6) is 1.12. The van der Waals surface area contributed by atoms with E-state index in [0.717, 1.165) is 24.3 Å². The zero-order chi connectivity index (χ0) is 17.4. The Hall–Kier alpha value is -1.84. The highest BCUT2D eigenvalue weighted by Crippen LogP contribution is 2.31. The fourth-order valence-corrected chi connectivity index (χ4v) is 4.32. The first kappa shape index (κ1) is 17.0. The number of hydrogen-bond donors (Lipinski definition) is 0. The molecule has 0 unspecified atom stereocenters. The predicted octanol–water partition coefficient (Wildman–Crippen LogP) is 3.16. The van der Waals surface area contributed by atoms with E-state index in [2.05, 4.69) is 19.9 Å². The van der Waals surface area contributed by atoms with Gasteiger partial charge in [0.05, 0.1) is 5.92 Å². The normalized spacial score (nSPS) is 27.7. The summed E-state index contributed by atoms with van der Waals surface area (Å²) in [6.07, 6.45) is 1.52. The monoisotopic (exact) mass is 328 g/mol. The van der Waals surface area contributed by atoms with E-state index in [-0.39, 0.29) is 17.7 Å². The van der Waals surface area contributed by atoms with Crippen LogP contribution in [-0.4, -0.2) is 36.3 Å². The fraction of sp³-hybridized carbons (Fsp3) is 0.600. The lowest BCUT2D eigenvalue weighted by atomic mass is 9.91. The van der Waals surface area contributed by atoms with Crippen LogP contribution in [0.25, 0.3) is 0 Å². The van der Waals surface area contributed by atoms with E-state index in [0.29, 0.717) is 24.8 Å². The highest BCUT2D eigenvalue weighted by molar-refractivity contribution is 6.00. The molecule has 0 radical (unpaired) electrons. The summed E-state index contributed by atoms with van der Waals surface area (Å²) < 4.78 is 0. The second-order valence-electron chi connectivity index (χ2n) is 7.88. The number of piperidine rings is 1. The molecule has 0 N–H and O–H groups in total. The van der Waals surface area contributed by atoms with Gasteiger partial charge >= 0.3 is 0 Å². The number of benzene rings is 1. The van der Waals surface area contributed by atoms with Crippen molar-refractivity contribution in [1.82, 2.24) is 4.90 Å². The zero-order valence-electron chi connectivity index (χ0n) is 15.2. The number of carbonyl (C=O) groups is 2. The summed E-state index contributed by atoms with van der Waals surface area (Å²) in [4.78, 5) is 29.2. The Kier molecular flexibility index (Phi) is 4.66. The van der Waals surface area contributed by atoms with Crippen molar-refractivity contribution in [3.8, 4) is 0 Å². The third kappa shape index (κ3) is 3.33. The van der Waals surface area contributed by atoms with Gasteiger partial charge in [-0.3, -0.25) is 9.59 Å². The minimum absolute atomic E-state index is 0.0680. The van der Waals surface area contributed by atoms with Gasteiger partial charge in [-0.1, -0.05) is 31.5 Å². The van der Waals surface area contributed by atoms with Crippen molar-refractivity contribution in [2.45, 2.75) is 40.5 Å². The lowest BCUT2D eigenvalue weighted by Crippen LogP contribution is -2.45. The highest BCUT2D eigenvalue weighted by Gasteiger charge is 2.39. The molecule has 2 aliphatic heterocycles. The quantitative estimate of drug-likeness (QED) is 0.837. The molecule has 0 bridgehead atoms. The second kappa shape index (κ2) is 6.58. The van der Waals surface area contributed by atoms with Crippen LogP contribution < -0.4 is 4.90 Å². The standard InChI is InChI=1S/C20H28N2O2/c1-13-5-6-18(16(4)8-13)22-12-17(9-19(22)23)20(24)21-10-14(2)7-15(3)11-21/h5-6,8,14-15,17H,7,9-12H2,1-4H3/t14-,15-,17+/m0/s1. The molecule has 2 heterocycles. The number of likely N-dealkylation sites (tertiary alicyclic amines) is 1. The molecule has 4 nitrogen and oxygen atoms in total. The summed E-state index contributed by atoms with van der Waals surface area (Å²) in [6.45, 7) is 10.7. The molecule has 1 aromatic rings. The number of amides is 2. The number of hydrogen-bond acceptors (Lipinski definition) is 2. The van der Waals surface area contributed by atoms with Crippen LogP contribution >= 0.6 is 0 Å². The van der Waals surface area contributed by atoms with E-state index >= 15 is 0 Å². The van der Waals surface area contributed by atoms with E-state index in [1.165, 1.54) is 12.0 Å². The van der Waals surface area contributed by atoms with Crippen molar-refractivity contribution in [2.75, 3.05) is 24.5 Å². The molecule has 0 spiro atoms. The van der Waals surface area contributed by atoms with Crippen molar-refractivity contribution in [3.63, 3.8) is 0 Å². The first-order valence-corrected chi connectivity index (χ1v) is 9.01. The number of carbonyl (C=O) groups excluding carboxylic acids is 2. The number of aryl methyl sites for hydroxylation is 2. The van der Waals surface area contributed by atoms with Crippen LogP contribution in [0.2, 0.25) is 0 Å². The van der Waals surface area contributed by atoms with Crippen LogP contribution in [0.15, 0.2) is 18.2 Å². The molecule has 3 atom stereocenters. The van der Waals surface area contributed by atoms with Crippen molar-refractivity contribution >= 4 is 17.5 Å². The van der Waals surface area contributed by atoms with E-state index in [4.69, 9.17) is 0 Å². The molecule has 2 amide bonds. The molecule has 0 aliphatic carbocycles. The zero-order valence-corrected chi connectivity index (χ0v) is 15.2. The summed E-state index contributed by atoms with van der Waals surface area (Å²) in [6, 6.07) is 6.12. The van der Waals surface area contributed by atoms with Gasteiger partial charge in [-0.15, -0.1) is 0 Å². The molecular weight excluding hydrogens is 300 g/mol. The Bertz CT molecular complexity index is 645. The highest BCUT2D eigenvalue weighted by atomic mass is 16.2. The maximum Gasteiger partial charge on any atom is 0.228 e. The van der Waals surface area contributed by atoms with Crippen LogP contribution in [0.5, 0.6) is 0 Å². The molecule has 1 aromatic carbocycles. The molecule has 0 saturated carbocycles. The Labute approximate surface area is 144 Å². The van der Waals surface area contributed by atoms with Gasteiger partial charge in [-0.25, -0.2) is 0 Å². The van der Waals surface area contributed by atoms with Gasteiger partial charge in [0.15, 0.2) is 0 Å². The Morgan fingerprint density at radius 2 is 1.75 bits per heavy atom. The molecule has 2 aliphatic rings. The molecule has 2 saturated heterocycles. The van der Waals surface area contributed by atoms with Crippen LogP contribution in [0.3, 0.4) is 0 Å². The maximum atomic E-state index is 12.9. The largest absolute Gasteiger partial charge is 0.342 e. The third-order valence-electron chi connectivity index (χ3n) is 5.30. The number of anilines is 1. The van der Waals surface area contributed by atoms with Gasteiger partial charge in [0.25, 0.3) is 0 Å². The van der Waals surface area contributed by atoms with E-state index in [9.17, 15) is 9.59 Å². The van der Waals surface area contributed by atoms with Crippen molar-refractivity contribution in [1.29, 1.82) is 0 Å². The number of nitrogens with zero attached hydrogens (tertiary/aromatic N) is 2. The van der Waals surface area contributed by atoms with Crippen LogP contribution in [0.1, 0.15) is 37.8 Å². The SMILES string of the molecule is Cc1ccc(N2C[C@H](C(=O)N3C[C@@H](C)C[C@H](C)C3)CC2=O)c(C)c1. The van der Waals surface area contributed by atoms with E-state index in [1.54, 1.807) is 4.90 Å². The lowest BCUT2D eigenvalue weighted by molar-refractivity contribution is -0.138. The van der Waals surface area contributed by atoms with Crippen LogP contribution in [0, 0.1) is 31.6 Å². The van der Waals surface area contributed by atoms with Crippen LogP contribution in [-0.2, 0) is 9.59 Å². The van der Waals surface area contributed by atoms with Gasteiger partial charge in [0.2, 0.25) is 11.8 Å².